The molecule has 0 saturated heterocycles. The number of thioether (sulfide) groups is 1. The lowest BCUT2D eigenvalue weighted by molar-refractivity contribution is -0.116. The maximum atomic E-state index is 12.7. The summed E-state index contributed by atoms with van der Waals surface area (Å²) >= 11 is 1.42. The highest BCUT2D eigenvalue weighted by molar-refractivity contribution is 8.00. The number of hydrogen-bond donors (Lipinski definition) is 1. The molecule has 0 bridgehead atoms. The van der Waals surface area contributed by atoms with Crippen molar-refractivity contribution in [2.24, 2.45) is 0 Å². The average molecular weight is 399 g/mol. The maximum absolute atomic E-state index is 12.7. The Hall–Kier alpha value is -2.31. The molecule has 6 heteroatoms. The first-order chi connectivity index (χ1) is 13.7. The summed E-state index contributed by atoms with van der Waals surface area (Å²) in [5.41, 5.74) is 2.83. The van der Waals surface area contributed by atoms with Gasteiger partial charge in [-0.2, -0.15) is 0 Å². The smallest absolute Gasteiger partial charge is 0.252 e. The van der Waals surface area contributed by atoms with E-state index in [1.54, 1.807) is 6.07 Å². The van der Waals surface area contributed by atoms with Gasteiger partial charge in [0.15, 0.2) is 0 Å². The van der Waals surface area contributed by atoms with Crippen LogP contribution in [0.1, 0.15) is 29.3 Å². The van der Waals surface area contributed by atoms with E-state index in [1.807, 2.05) is 48.2 Å². The van der Waals surface area contributed by atoms with Crippen molar-refractivity contribution in [3.05, 3.63) is 59.7 Å². The molecule has 2 aromatic carbocycles. The highest BCUT2D eigenvalue weighted by atomic mass is 32.2. The number of ether oxygens (including phenoxy) is 1. The molecule has 0 unspecified atom stereocenters. The highest BCUT2D eigenvalue weighted by Gasteiger charge is 2.24. The Morgan fingerprint density at radius 2 is 1.93 bits per heavy atom. The van der Waals surface area contributed by atoms with Crippen molar-refractivity contribution in [1.82, 2.24) is 5.32 Å². The summed E-state index contributed by atoms with van der Waals surface area (Å²) in [4.78, 5) is 27.9. The first kappa shape index (κ1) is 20.4. The second-order valence-electron chi connectivity index (χ2n) is 6.52. The van der Waals surface area contributed by atoms with Crippen molar-refractivity contribution in [3.63, 3.8) is 0 Å². The van der Waals surface area contributed by atoms with Crippen molar-refractivity contribution in [3.8, 4) is 0 Å². The molecule has 148 valence electrons. The first-order valence-corrected chi connectivity index (χ1v) is 10.6. The quantitative estimate of drug-likeness (QED) is 0.519. The van der Waals surface area contributed by atoms with Crippen LogP contribution in [0.25, 0.3) is 0 Å². The SMILES string of the molecule is CCOCCCNC(=O)c1ccccc1SCC(=O)N1CCc2ccccc21. The van der Waals surface area contributed by atoms with Gasteiger partial charge in [-0.05, 0) is 43.5 Å². The Bertz CT molecular complexity index is 825. The van der Waals surface area contributed by atoms with Gasteiger partial charge in [-0.15, -0.1) is 11.8 Å². The fourth-order valence-electron chi connectivity index (χ4n) is 3.21. The standard InChI is InChI=1S/C22H26N2O3S/c1-2-27-15-7-13-23-22(26)18-9-4-6-11-20(18)28-16-21(25)24-14-12-17-8-3-5-10-19(17)24/h3-6,8-11H,2,7,12-16H2,1H3,(H,23,26). The normalized spacial score (nSPS) is 12.7. The minimum absolute atomic E-state index is 0.0712. The van der Waals surface area contributed by atoms with Crippen LogP contribution in [0, 0.1) is 0 Å². The van der Waals surface area contributed by atoms with Crippen LogP contribution in [0.4, 0.5) is 5.69 Å². The van der Waals surface area contributed by atoms with Gasteiger partial charge < -0.3 is 15.0 Å². The molecule has 0 aliphatic carbocycles. The fraction of sp³-hybridized carbons (Fsp3) is 0.364. The van der Waals surface area contributed by atoms with Gasteiger partial charge in [-0.3, -0.25) is 9.59 Å². The molecule has 0 spiro atoms. The predicted molar refractivity (Wildman–Crippen MR) is 113 cm³/mol. The van der Waals surface area contributed by atoms with Crippen LogP contribution < -0.4 is 10.2 Å². The number of rotatable bonds is 9. The molecule has 1 N–H and O–H groups in total. The summed E-state index contributed by atoms with van der Waals surface area (Å²) in [5.74, 6) is 0.267. The summed E-state index contributed by atoms with van der Waals surface area (Å²) in [6.07, 6.45) is 1.68. The third-order valence-electron chi connectivity index (χ3n) is 4.63. The van der Waals surface area contributed by atoms with E-state index in [9.17, 15) is 9.59 Å². The summed E-state index contributed by atoms with van der Waals surface area (Å²) in [6.45, 7) is 4.57. The Balaban J connectivity index is 1.56. The second-order valence-corrected chi connectivity index (χ2v) is 7.53. The van der Waals surface area contributed by atoms with Crippen molar-refractivity contribution in [2.45, 2.75) is 24.7 Å². The van der Waals surface area contributed by atoms with E-state index in [1.165, 1.54) is 17.3 Å². The number of carbonyl (C=O) groups is 2. The summed E-state index contributed by atoms with van der Waals surface area (Å²) in [7, 11) is 0. The molecule has 0 atom stereocenters. The van der Waals surface area contributed by atoms with Crippen LogP contribution in [0.5, 0.6) is 0 Å². The van der Waals surface area contributed by atoms with Gasteiger partial charge in [-0.1, -0.05) is 30.3 Å². The van der Waals surface area contributed by atoms with Gasteiger partial charge in [0.2, 0.25) is 5.91 Å². The zero-order valence-electron chi connectivity index (χ0n) is 16.1. The van der Waals surface area contributed by atoms with E-state index in [-0.39, 0.29) is 11.8 Å². The van der Waals surface area contributed by atoms with Crippen molar-refractivity contribution in [2.75, 3.05) is 37.0 Å². The Morgan fingerprint density at radius 1 is 1.14 bits per heavy atom. The zero-order valence-corrected chi connectivity index (χ0v) is 17.0. The molecule has 2 amide bonds. The Morgan fingerprint density at radius 3 is 2.79 bits per heavy atom. The van der Waals surface area contributed by atoms with Gasteiger partial charge >= 0.3 is 0 Å². The van der Waals surface area contributed by atoms with Gasteiger partial charge in [-0.25, -0.2) is 0 Å². The monoisotopic (exact) mass is 398 g/mol. The van der Waals surface area contributed by atoms with Crippen LogP contribution in [0.2, 0.25) is 0 Å². The fourth-order valence-corrected chi connectivity index (χ4v) is 4.14. The molecular weight excluding hydrogens is 372 g/mol. The third-order valence-corrected chi connectivity index (χ3v) is 5.68. The highest BCUT2D eigenvalue weighted by Crippen LogP contribution is 2.29. The summed E-state index contributed by atoms with van der Waals surface area (Å²) in [5, 5.41) is 2.93. The average Bonchev–Trinajstić information content (AvgIpc) is 3.16. The van der Waals surface area contributed by atoms with Crippen LogP contribution in [-0.4, -0.2) is 43.9 Å². The molecule has 2 aromatic rings. The topological polar surface area (TPSA) is 58.6 Å². The zero-order chi connectivity index (χ0) is 19.8. The number of fused-ring (bicyclic) bond motifs is 1. The summed E-state index contributed by atoms with van der Waals surface area (Å²) < 4.78 is 5.29. The molecule has 0 saturated carbocycles. The molecule has 0 radical (unpaired) electrons. The van der Waals surface area contributed by atoms with E-state index in [0.29, 0.717) is 31.1 Å². The molecule has 0 aromatic heterocycles. The van der Waals surface area contributed by atoms with Crippen LogP contribution in [-0.2, 0) is 16.0 Å². The lowest BCUT2D eigenvalue weighted by Crippen LogP contribution is -2.30. The predicted octanol–water partition coefficient (Wildman–Crippen LogP) is 3.52. The van der Waals surface area contributed by atoms with Crippen LogP contribution >= 0.6 is 11.8 Å². The lowest BCUT2D eigenvalue weighted by atomic mass is 10.2. The third kappa shape index (κ3) is 5.14. The number of nitrogens with one attached hydrogen (secondary N) is 1. The number of para-hydroxylation sites is 1. The number of benzene rings is 2. The van der Waals surface area contributed by atoms with E-state index >= 15 is 0 Å². The van der Waals surface area contributed by atoms with E-state index in [4.69, 9.17) is 4.74 Å². The van der Waals surface area contributed by atoms with Crippen LogP contribution in [0.15, 0.2) is 53.4 Å². The van der Waals surface area contributed by atoms with Gasteiger partial charge in [0.1, 0.15) is 0 Å². The molecule has 28 heavy (non-hydrogen) atoms. The number of hydrogen-bond acceptors (Lipinski definition) is 4. The molecule has 3 rings (SSSR count). The molecule has 0 fully saturated rings. The maximum Gasteiger partial charge on any atom is 0.252 e. The minimum Gasteiger partial charge on any atom is -0.382 e. The van der Waals surface area contributed by atoms with Crippen molar-refractivity contribution < 1.29 is 14.3 Å². The van der Waals surface area contributed by atoms with Gasteiger partial charge in [0, 0.05) is 36.9 Å². The molecule has 5 nitrogen and oxygen atoms in total. The van der Waals surface area contributed by atoms with Crippen LogP contribution in [0.3, 0.4) is 0 Å². The van der Waals surface area contributed by atoms with Crippen molar-refractivity contribution >= 4 is 29.3 Å². The molecule has 1 aliphatic heterocycles. The van der Waals surface area contributed by atoms with E-state index < -0.39 is 0 Å². The molecular formula is C22H26N2O3S. The number of carbonyl (C=O) groups excluding carboxylic acids is 2. The van der Waals surface area contributed by atoms with Crippen molar-refractivity contribution in [1.29, 1.82) is 0 Å². The number of nitrogens with zero attached hydrogens (tertiary/aromatic N) is 1. The van der Waals surface area contributed by atoms with E-state index in [2.05, 4.69) is 11.4 Å². The van der Waals surface area contributed by atoms with Gasteiger partial charge in [0.25, 0.3) is 5.91 Å². The molecule has 1 heterocycles. The largest absolute Gasteiger partial charge is 0.382 e. The Kier molecular flexibility index (Phi) is 7.51. The molecule has 1 aliphatic rings. The number of amides is 2. The number of anilines is 1. The van der Waals surface area contributed by atoms with Gasteiger partial charge in [0.05, 0.1) is 11.3 Å². The lowest BCUT2D eigenvalue weighted by Gasteiger charge is -2.17. The van der Waals surface area contributed by atoms with E-state index in [0.717, 1.165) is 30.0 Å². The first-order valence-electron chi connectivity index (χ1n) is 9.66. The minimum atomic E-state index is -0.112. The second kappa shape index (κ2) is 10.3. The summed E-state index contributed by atoms with van der Waals surface area (Å²) in [6, 6.07) is 15.5. The Labute approximate surface area is 170 Å².